The number of hydrogen-bond acceptors (Lipinski definition) is 2. The standard InChI is InChI=1S/C9H12N2O2/c12-9(13)4-3-7-6-10-8-2-1-5-11(7)8/h6H,1-5H2,(H,12,13). The first-order valence-electron chi connectivity index (χ1n) is 4.52. The summed E-state index contributed by atoms with van der Waals surface area (Å²) in [4.78, 5) is 14.6. The van der Waals surface area contributed by atoms with Crippen LogP contribution in [0.15, 0.2) is 6.20 Å². The van der Waals surface area contributed by atoms with E-state index in [0.717, 1.165) is 30.9 Å². The normalized spacial score (nSPS) is 14.5. The Labute approximate surface area is 76.2 Å². The van der Waals surface area contributed by atoms with Crippen molar-refractivity contribution in [1.29, 1.82) is 0 Å². The van der Waals surface area contributed by atoms with Crippen LogP contribution in [0.2, 0.25) is 0 Å². The molecule has 0 aliphatic carbocycles. The van der Waals surface area contributed by atoms with E-state index in [9.17, 15) is 4.79 Å². The van der Waals surface area contributed by atoms with E-state index in [2.05, 4.69) is 9.55 Å². The van der Waals surface area contributed by atoms with Gasteiger partial charge in [-0.3, -0.25) is 4.79 Å². The minimum Gasteiger partial charge on any atom is -0.481 e. The molecule has 0 aromatic carbocycles. The number of aliphatic carboxylic acids is 1. The van der Waals surface area contributed by atoms with Crippen LogP contribution in [-0.4, -0.2) is 20.6 Å². The number of hydrogen-bond donors (Lipinski definition) is 1. The van der Waals surface area contributed by atoms with Crippen LogP contribution in [0.4, 0.5) is 0 Å². The number of aromatic nitrogens is 2. The van der Waals surface area contributed by atoms with Crippen LogP contribution in [0.5, 0.6) is 0 Å². The number of carbonyl (C=O) groups is 1. The van der Waals surface area contributed by atoms with Crippen molar-refractivity contribution in [2.75, 3.05) is 0 Å². The van der Waals surface area contributed by atoms with Gasteiger partial charge in [0.2, 0.25) is 0 Å². The number of carboxylic acid groups (broad SMARTS) is 1. The Morgan fingerprint density at radius 3 is 3.31 bits per heavy atom. The molecule has 70 valence electrons. The third kappa shape index (κ3) is 1.56. The molecule has 1 N–H and O–H groups in total. The first-order valence-corrected chi connectivity index (χ1v) is 4.52. The first kappa shape index (κ1) is 8.29. The fourth-order valence-electron chi connectivity index (χ4n) is 1.76. The lowest BCUT2D eigenvalue weighted by atomic mass is 10.2. The Bertz CT molecular complexity index is 330. The summed E-state index contributed by atoms with van der Waals surface area (Å²) in [5, 5.41) is 8.53. The average molecular weight is 180 g/mol. The van der Waals surface area contributed by atoms with Gasteiger partial charge in [0.15, 0.2) is 0 Å². The average Bonchev–Trinajstić information content (AvgIpc) is 2.60. The van der Waals surface area contributed by atoms with Gasteiger partial charge in [0, 0.05) is 24.9 Å². The van der Waals surface area contributed by atoms with Gasteiger partial charge in [-0.25, -0.2) is 4.98 Å². The molecule has 2 rings (SSSR count). The van der Waals surface area contributed by atoms with Crippen LogP contribution in [0, 0.1) is 0 Å². The quantitative estimate of drug-likeness (QED) is 0.750. The molecule has 1 aromatic heterocycles. The highest BCUT2D eigenvalue weighted by Crippen LogP contribution is 2.16. The molecule has 0 bridgehead atoms. The summed E-state index contributed by atoms with van der Waals surface area (Å²) >= 11 is 0. The molecule has 0 fully saturated rings. The predicted octanol–water partition coefficient (Wildman–Crippen LogP) is 0.847. The molecule has 4 nitrogen and oxygen atoms in total. The van der Waals surface area contributed by atoms with E-state index in [1.807, 2.05) is 0 Å². The predicted molar refractivity (Wildman–Crippen MR) is 46.5 cm³/mol. The van der Waals surface area contributed by atoms with Gasteiger partial charge >= 0.3 is 5.97 Å². The summed E-state index contributed by atoms with van der Waals surface area (Å²) < 4.78 is 2.14. The molecule has 0 saturated heterocycles. The molecule has 1 aromatic rings. The highest BCUT2D eigenvalue weighted by atomic mass is 16.4. The monoisotopic (exact) mass is 180 g/mol. The van der Waals surface area contributed by atoms with E-state index in [0.29, 0.717) is 6.42 Å². The van der Waals surface area contributed by atoms with E-state index >= 15 is 0 Å². The second-order valence-corrected chi connectivity index (χ2v) is 3.31. The van der Waals surface area contributed by atoms with Crippen molar-refractivity contribution in [2.24, 2.45) is 0 Å². The zero-order valence-electron chi connectivity index (χ0n) is 7.36. The van der Waals surface area contributed by atoms with Gasteiger partial charge in [0.1, 0.15) is 5.82 Å². The minimum absolute atomic E-state index is 0.200. The maximum absolute atomic E-state index is 10.4. The number of imidazole rings is 1. The summed E-state index contributed by atoms with van der Waals surface area (Å²) in [6.45, 7) is 1.00. The number of carboxylic acids is 1. The van der Waals surface area contributed by atoms with E-state index in [1.54, 1.807) is 6.20 Å². The van der Waals surface area contributed by atoms with Crippen molar-refractivity contribution in [3.8, 4) is 0 Å². The fourth-order valence-corrected chi connectivity index (χ4v) is 1.76. The third-order valence-electron chi connectivity index (χ3n) is 2.40. The van der Waals surface area contributed by atoms with Gasteiger partial charge in [-0.2, -0.15) is 0 Å². The van der Waals surface area contributed by atoms with Gasteiger partial charge in [0.05, 0.1) is 6.42 Å². The van der Waals surface area contributed by atoms with Gasteiger partial charge in [-0.1, -0.05) is 0 Å². The van der Waals surface area contributed by atoms with Gasteiger partial charge in [-0.15, -0.1) is 0 Å². The highest BCUT2D eigenvalue weighted by Gasteiger charge is 2.15. The molecule has 0 radical (unpaired) electrons. The molecule has 2 heterocycles. The Balaban J connectivity index is 2.08. The molecule has 4 heteroatoms. The minimum atomic E-state index is -0.742. The van der Waals surface area contributed by atoms with Crippen LogP contribution < -0.4 is 0 Å². The van der Waals surface area contributed by atoms with Gasteiger partial charge in [-0.05, 0) is 12.8 Å². The molecule has 0 spiro atoms. The Morgan fingerprint density at radius 1 is 1.69 bits per heavy atom. The van der Waals surface area contributed by atoms with E-state index < -0.39 is 5.97 Å². The summed E-state index contributed by atoms with van der Waals surface area (Å²) in [6, 6.07) is 0. The van der Waals surface area contributed by atoms with E-state index in [1.165, 1.54) is 0 Å². The van der Waals surface area contributed by atoms with Crippen LogP contribution in [0.1, 0.15) is 24.4 Å². The lowest BCUT2D eigenvalue weighted by Crippen LogP contribution is -2.03. The maximum Gasteiger partial charge on any atom is 0.303 e. The highest BCUT2D eigenvalue weighted by molar-refractivity contribution is 5.66. The fraction of sp³-hybridized carbons (Fsp3) is 0.556. The molecule has 1 aliphatic rings. The SMILES string of the molecule is O=C(O)CCc1cnc2n1CCC2. The molecule has 0 saturated carbocycles. The summed E-state index contributed by atoms with van der Waals surface area (Å²) in [5.41, 5.74) is 1.06. The molecule has 0 atom stereocenters. The lowest BCUT2D eigenvalue weighted by molar-refractivity contribution is -0.136. The number of rotatable bonds is 3. The van der Waals surface area contributed by atoms with Crippen molar-refractivity contribution < 1.29 is 9.90 Å². The largest absolute Gasteiger partial charge is 0.481 e. The first-order chi connectivity index (χ1) is 6.27. The van der Waals surface area contributed by atoms with Crippen LogP contribution in [-0.2, 0) is 24.2 Å². The van der Waals surface area contributed by atoms with Crippen LogP contribution in [0.3, 0.4) is 0 Å². The number of aryl methyl sites for hydroxylation is 2. The smallest absolute Gasteiger partial charge is 0.303 e. The van der Waals surface area contributed by atoms with Crippen molar-refractivity contribution in [3.05, 3.63) is 17.7 Å². The summed E-state index contributed by atoms with van der Waals surface area (Å²) in [6.07, 6.45) is 4.78. The number of fused-ring (bicyclic) bond motifs is 1. The molecule has 0 amide bonds. The zero-order chi connectivity index (χ0) is 9.26. The molecule has 13 heavy (non-hydrogen) atoms. The molecule has 0 unspecified atom stereocenters. The van der Waals surface area contributed by atoms with Crippen molar-refractivity contribution in [1.82, 2.24) is 9.55 Å². The summed E-state index contributed by atoms with van der Waals surface area (Å²) in [7, 11) is 0. The topological polar surface area (TPSA) is 55.1 Å². The Hall–Kier alpha value is -1.32. The lowest BCUT2D eigenvalue weighted by Gasteiger charge is -2.01. The van der Waals surface area contributed by atoms with Gasteiger partial charge < -0.3 is 9.67 Å². The number of nitrogens with zero attached hydrogens (tertiary/aromatic N) is 2. The zero-order valence-corrected chi connectivity index (χ0v) is 7.36. The van der Waals surface area contributed by atoms with E-state index in [4.69, 9.17) is 5.11 Å². The van der Waals surface area contributed by atoms with Crippen LogP contribution >= 0.6 is 0 Å². The Morgan fingerprint density at radius 2 is 2.54 bits per heavy atom. The maximum atomic E-state index is 10.4. The molecular formula is C9H12N2O2. The molecular weight excluding hydrogens is 168 g/mol. The van der Waals surface area contributed by atoms with Crippen LogP contribution in [0.25, 0.3) is 0 Å². The molecule has 1 aliphatic heterocycles. The second kappa shape index (κ2) is 3.20. The van der Waals surface area contributed by atoms with Crippen molar-refractivity contribution in [3.63, 3.8) is 0 Å². The van der Waals surface area contributed by atoms with Crippen molar-refractivity contribution >= 4 is 5.97 Å². The van der Waals surface area contributed by atoms with E-state index in [-0.39, 0.29) is 6.42 Å². The van der Waals surface area contributed by atoms with Gasteiger partial charge in [0.25, 0.3) is 0 Å². The van der Waals surface area contributed by atoms with Crippen molar-refractivity contribution in [2.45, 2.75) is 32.2 Å². The second-order valence-electron chi connectivity index (χ2n) is 3.31. The Kier molecular flexibility index (Phi) is 2.04. The third-order valence-corrected chi connectivity index (χ3v) is 2.40. The summed E-state index contributed by atoms with van der Waals surface area (Å²) in [5.74, 6) is 0.369.